The minimum Gasteiger partial charge on any atom is -0.497 e. The zero-order valence-electron chi connectivity index (χ0n) is 20.7. The van der Waals surface area contributed by atoms with Crippen LogP contribution in [0.3, 0.4) is 0 Å². The third-order valence-corrected chi connectivity index (χ3v) is 7.11. The minimum absolute atomic E-state index is 0.0868. The van der Waals surface area contributed by atoms with Gasteiger partial charge in [0.15, 0.2) is 11.5 Å². The molecule has 8 nitrogen and oxygen atoms in total. The van der Waals surface area contributed by atoms with Crippen molar-refractivity contribution in [3.63, 3.8) is 0 Å². The molecule has 0 bridgehead atoms. The third-order valence-electron chi connectivity index (χ3n) is 7.11. The van der Waals surface area contributed by atoms with Crippen LogP contribution in [0.2, 0.25) is 0 Å². The number of methoxy groups -OCH3 is 1. The van der Waals surface area contributed by atoms with Crippen LogP contribution in [0.15, 0.2) is 59.1 Å². The molecule has 3 aromatic carbocycles. The number of benzene rings is 3. The molecule has 2 heterocycles. The fourth-order valence-electron chi connectivity index (χ4n) is 5.39. The lowest BCUT2D eigenvalue weighted by atomic mass is 9.86. The van der Waals surface area contributed by atoms with Crippen LogP contribution in [0, 0.1) is 5.92 Å². The Labute approximate surface area is 214 Å². The molecule has 1 aliphatic carbocycles. The first kappa shape index (κ1) is 23.1. The van der Waals surface area contributed by atoms with Crippen LogP contribution in [0.1, 0.15) is 35.7 Å². The number of nitrogens with zero attached hydrogens (tertiary/aromatic N) is 2. The Morgan fingerprint density at radius 3 is 2.81 bits per heavy atom. The van der Waals surface area contributed by atoms with Crippen LogP contribution in [0.4, 0.5) is 17.1 Å². The van der Waals surface area contributed by atoms with E-state index in [1.54, 1.807) is 7.11 Å². The fourth-order valence-corrected chi connectivity index (χ4v) is 5.39. The van der Waals surface area contributed by atoms with E-state index in [0.717, 1.165) is 36.3 Å². The van der Waals surface area contributed by atoms with Gasteiger partial charge in [0, 0.05) is 36.0 Å². The Balaban J connectivity index is 1.52. The smallest absolute Gasteiger partial charge is 0.310 e. The second-order valence-corrected chi connectivity index (χ2v) is 9.32. The van der Waals surface area contributed by atoms with Crippen molar-refractivity contribution in [3.05, 3.63) is 65.7 Å². The number of hydrogen-bond donors (Lipinski definition) is 1. The number of anilines is 3. The van der Waals surface area contributed by atoms with Crippen LogP contribution >= 0.6 is 0 Å². The molecule has 1 unspecified atom stereocenters. The van der Waals surface area contributed by atoms with E-state index in [4.69, 9.17) is 14.0 Å². The first-order chi connectivity index (χ1) is 18.1. The van der Waals surface area contributed by atoms with Gasteiger partial charge in [0.25, 0.3) is 0 Å². The van der Waals surface area contributed by atoms with E-state index >= 15 is 0 Å². The molecule has 37 heavy (non-hydrogen) atoms. The molecule has 1 aliphatic heterocycles. The summed E-state index contributed by atoms with van der Waals surface area (Å²) < 4.78 is 16.6. The molecular weight excluding hydrogens is 470 g/mol. The van der Waals surface area contributed by atoms with Crippen molar-refractivity contribution in [2.24, 2.45) is 5.92 Å². The summed E-state index contributed by atoms with van der Waals surface area (Å²) in [4.78, 5) is 28.5. The quantitative estimate of drug-likeness (QED) is 0.304. The lowest BCUT2D eigenvalue weighted by Gasteiger charge is -2.34. The number of piperidine rings is 1. The van der Waals surface area contributed by atoms with Gasteiger partial charge in [-0.15, -0.1) is 0 Å². The lowest BCUT2D eigenvalue weighted by molar-refractivity contribution is -0.148. The predicted octanol–water partition coefficient (Wildman–Crippen LogP) is 5.57. The Bertz CT molecular complexity index is 1530. The summed E-state index contributed by atoms with van der Waals surface area (Å²) in [5, 5.41) is 8.58. The molecule has 8 heteroatoms. The van der Waals surface area contributed by atoms with Gasteiger partial charge in [-0.25, -0.2) is 0 Å². The number of aromatic nitrogens is 1. The van der Waals surface area contributed by atoms with Crippen LogP contribution in [-0.2, 0) is 9.53 Å². The van der Waals surface area contributed by atoms with Crippen molar-refractivity contribution < 1.29 is 23.6 Å². The zero-order chi connectivity index (χ0) is 25.5. The van der Waals surface area contributed by atoms with Crippen molar-refractivity contribution in [2.45, 2.75) is 19.8 Å². The summed E-state index contributed by atoms with van der Waals surface area (Å²) >= 11 is 0. The van der Waals surface area contributed by atoms with Gasteiger partial charge < -0.3 is 24.2 Å². The molecule has 0 saturated carbocycles. The first-order valence-corrected chi connectivity index (χ1v) is 12.5. The van der Waals surface area contributed by atoms with Crippen LogP contribution < -0.4 is 15.0 Å². The number of hydrogen-bond acceptors (Lipinski definition) is 8. The van der Waals surface area contributed by atoms with Crippen molar-refractivity contribution in [3.8, 4) is 17.1 Å². The Morgan fingerprint density at radius 1 is 1.16 bits per heavy atom. The topological polar surface area (TPSA) is 93.9 Å². The average Bonchev–Trinajstić information content (AvgIpc) is 3.37. The number of ether oxygens (including phenoxy) is 2. The van der Waals surface area contributed by atoms with Crippen molar-refractivity contribution in [2.75, 3.05) is 37.0 Å². The van der Waals surface area contributed by atoms with Gasteiger partial charge in [-0.1, -0.05) is 35.5 Å². The van der Waals surface area contributed by atoms with Crippen LogP contribution in [0.25, 0.3) is 22.2 Å². The number of esters is 1. The summed E-state index contributed by atoms with van der Waals surface area (Å²) in [6.45, 7) is 3.45. The SMILES string of the molecule is CCOC(=O)C1CCCN(c2cc(Nc3cccc(OC)c3)c3c4c(onc24)-c2ccccc2C3=O)C1. The molecule has 0 radical (unpaired) electrons. The number of carbonyl (C=O) groups is 2. The maximum absolute atomic E-state index is 13.8. The summed E-state index contributed by atoms with van der Waals surface area (Å²) in [6, 6.07) is 16.9. The number of rotatable bonds is 6. The molecule has 6 rings (SSSR count). The molecule has 188 valence electrons. The fraction of sp³-hybridized carbons (Fsp3) is 0.276. The van der Waals surface area contributed by atoms with E-state index < -0.39 is 0 Å². The molecule has 1 atom stereocenters. The summed E-state index contributed by atoms with van der Waals surface area (Å²) in [5.74, 6) is 0.794. The van der Waals surface area contributed by atoms with E-state index in [-0.39, 0.29) is 17.7 Å². The number of nitrogens with one attached hydrogen (secondary N) is 1. The monoisotopic (exact) mass is 497 g/mol. The van der Waals surface area contributed by atoms with Gasteiger partial charge in [-0.05, 0) is 38.0 Å². The first-order valence-electron chi connectivity index (χ1n) is 12.5. The Morgan fingerprint density at radius 2 is 2.00 bits per heavy atom. The average molecular weight is 498 g/mol. The summed E-state index contributed by atoms with van der Waals surface area (Å²) in [6.07, 6.45) is 1.62. The second kappa shape index (κ2) is 9.28. The van der Waals surface area contributed by atoms with E-state index in [1.165, 1.54) is 0 Å². The Hall–Kier alpha value is -4.33. The minimum atomic E-state index is -0.222. The van der Waals surface area contributed by atoms with Crippen LogP contribution in [-0.4, -0.2) is 43.7 Å². The highest BCUT2D eigenvalue weighted by molar-refractivity contribution is 6.28. The standard InChI is InChI=1S/C29H27N3O5/c1-3-36-29(34)17-8-7-13-32(16-17)23-15-22(30-18-9-6-10-19(14-18)35-2)24-25-26(23)31-37-28(25)21-12-5-4-11-20(21)27(24)33/h4-6,9-12,14-15,17,30H,3,7-8,13,16H2,1-2H3. The van der Waals surface area contributed by atoms with Crippen molar-refractivity contribution in [1.82, 2.24) is 5.16 Å². The van der Waals surface area contributed by atoms with Gasteiger partial charge in [-0.2, -0.15) is 0 Å². The molecule has 4 aromatic rings. The molecule has 1 aromatic heterocycles. The highest BCUT2D eigenvalue weighted by Crippen LogP contribution is 2.47. The maximum atomic E-state index is 13.8. The van der Waals surface area contributed by atoms with E-state index in [1.807, 2.05) is 61.5 Å². The van der Waals surface area contributed by atoms with Gasteiger partial charge >= 0.3 is 5.97 Å². The molecule has 1 saturated heterocycles. The molecule has 2 aliphatic rings. The van der Waals surface area contributed by atoms with E-state index in [0.29, 0.717) is 52.4 Å². The van der Waals surface area contributed by atoms with Crippen LogP contribution in [0.5, 0.6) is 5.75 Å². The van der Waals surface area contributed by atoms with E-state index in [2.05, 4.69) is 15.4 Å². The zero-order valence-corrected chi connectivity index (χ0v) is 20.7. The summed E-state index contributed by atoms with van der Waals surface area (Å²) in [5.41, 5.74) is 4.71. The second-order valence-electron chi connectivity index (χ2n) is 9.32. The highest BCUT2D eigenvalue weighted by atomic mass is 16.5. The largest absolute Gasteiger partial charge is 0.497 e. The summed E-state index contributed by atoms with van der Waals surface area (Å²) in [7, 11) is 1.62. The number of fused-ring (bicyclic) bond motifs is 2. The van der Waals surface area contributed by atoms with Crippen molar-refractivity contribution in [1.29, 1.82) is 0 Å². The van der Waals surface area contributed by atoms with Crippen molar-refractivity contribution >= 4 is 39.7 Å². The van der Waals surface area contributed by atoms with Gasteiger partial charge in [0.2, 0.25) is 0 Å². The normalized spacial score (nSPS) is 16.4. The lowest BCUT2D eigenvalue weighted by Crippen LogP contribution is -2.39. The molecule has 0 amide bonds. The number of ketones is 1. The molecule has 1 N–H and O–H groups in total. The van der Waals surface area contributed by atoms with Gasteiger partial charge in [0.1, 0.15) is 11.3 Å². The Kier molecular flexibility index (Phi) is 5.79. The van der Waals surface area contributed by atoms with Gasteiger partial charge in [-0.3, -0.25) is 9.59 Å². The molecular formula is C29H27N3O5. The van der Waals surface area contributed by atoms with Gasteiger partial charge in [0.05, 0.1) is 42.0 Å². The number of carbonyl (C=O) groups excluding carboxylic acids is 2. The third kappa shape index (κ3) is 3.89. The maximum Gasteiger partial charge on any atom is 0.310 e. The predicted molar refractivity (Wildman–Crippen MR) is 141 cm³/mol. The highest BCUT2D eigenvalue weighted by Gasteiger charge is 2.35. The van der Waals surface area contributed by atoms with E-state index in [9.17, 15) is 9.59 Å². The molecule has 1 fully saturated rings. The molecule has 0 spiro atoms.